The Kier molecular flexibility index (Phi) is 7.25. The fourth-order valence-electron chi connectivity index (χ4n) is 5.01. The number of benzene rings is 2. The Balaban J connectivity index is 1.71. The lowest BCUT2D eigenvalue weighted by molar-refractivity contribution is -0.0518. The van der Waals surface area contributed by atoms with Crippen LogP contribution >= 0.6 is 0 Å². The molecule has 0 unspecified atom stereocenters. The molecule has 0 radical (unpaired) electrons. The highest BCUT2D eigenvalue weighted by Gasteiger charge is 2.52. The van der Waals surface area contributed by atoms with Gasteiger partial charge in [-0.25, -0.2) is 4.79 Å². The molecule has 186 valence electrons. The summed E-state index contributed by atoms with van der Waals surface area (Å²) < 4.78 is 14.1. The van der Waals surface area contributed by atoms with Gasteiger partial charge in [-0.15, -0.1) is 0 Å². The summed E-state index contributed by atoms with van der Waals surface area (Å²) in [6.07, 6.45) is -1.59. The minimum absolute atomic E-state index is 0.115. The number of nitrogens with one attached hydrogen (secondary N) is 1. The standard InChI is InChI=1S/C26H32N2O6Si/c1-26(2,3)35(18-10-6-4-7-11-18,19-12-8-5-9-13-19)33-17-21-20(16-29)23(31)24(34-21)28-15-14-22(30)27-25(28)32/h4-15,20-21,23-24,29,31H,16-17H2,1-3H3,(H,27,30,32)/t20-,21-,23-,24-/m1/s1. The predicted molar refractivity (Wildman–Crippen MR) is 135 cm³/mol. The highest BCUT2D eigenvalue weighted by atomic mass is 28.4. The molecule has 3 N–H and O–H groups in total. The molecule has 8 nitrogen and oxygen atoms in total. The molecule has 0 aliphatic carbocycles. The Hall–Kier alpha value is -2.82. The monoisotopic (exact) mass is 496 g/mol. The van der Waals surface area contributed by atoms with Crippen molar-refractivity contribution in [1.29, 1.82) is 0 Å². The molecule has 2 aromatic carbocycles. The van der Waals surface area contributed by atoms with Gasteiger partial charge in [0, 0.05) is 18.2 Å². The minimum atomic E-state index is -2.86. The van der Waals surface area contributed by atoms with Crippen molar-refractivity contribution >= 4 is 18.7 Å². The molecule has 1 aliphatic rings. The second-order valence-electron chi connectivity index (χ2n) is 9.89. The lowest BCUT2D eigenvalue weighted by atomic mass is 9.99. The van der Waals surface area contributed by atoms with Crippen molar-refractivity contribution < 1.29 is 19.4 Å². The van der Waals surface area contributed by atoms with Crippen LogP contribution in [0.15, 0.2) is 82.5 Å². The Morgan fingerprint density at radius 2 is 1.57 bits per heavy atom. The summed E-state index contributed by atoms with van der Waals surface area (Å²) >= 11 is 0. The summed E-state index contributed by atoms with van der Waals surface area (Å²) in [4.78, 5) is 26.0. The minimum Gasteiger partial charge on any atom is -0.405 e. The Morgan fingerprint density at radius 1 is 1.00 bits per heavy atom. The van der Waals surface area contributed by atoms with Crippen molar-refractivity contribution in [1.82, 2.24) is 9.55 Å². The van der Waals surface area contributed by atoms with Crippen LogP contribution < -0.4 is 21.6 Å². The molecule has 4 rings (SSSR count). The van der Waals surface area contributed by atoms with Crippen LogP contribution in [-0.2, 0) is 9.16 Å². The first kappa shape index (κ1) is 25.3. The lowest BCUT2D eigenvalue weighted by Gasteiger charge is -2.43. The second-order valence-corrected chi connectivity index (χ2v) is 14.2. The third-order valence-corrected chi connectivity index (χ3v) is 11.7. The van der Waals surface area contributed by atoms with Crippen LogP contribution in [-0.4, -0.2) is 53.5 Å². The molecule has 35 heavy (non-hydrogen) atoms. The van der Waals surface area contributed by atoms with Crippen LogP contribution in [0.25, 0.3) is 0 Å². The van der Waals surface area contributed by atoms with E-state index in [2.05, 4.69) is 50.0 Å². The zero-order valence-electron chi connectivity index (χ0n) is 20.1. The van der Waals surface area contributed by atoms with E-state index in [0.717, 1.165) is 14.9 Å². The molecule has 1 aromatic heterocycles. The highest BCUT2D eigenvalue weighted by molar-refractivity contribution is 6.99. The van der Waals surface area contributed by atoms with Crippen LogP contribution in [0.5, 0.6) is 0 Å². The van der Waals surface area contributed by atoms with Crippen molar-refractivity contribution in [2.24, 2.45) is 5.92 Å². The van der Waals surface area contributed by atoms with Gasteiger partial charge in [0.15, 0.2) is 6.23 Å². The number of hydrogen-bond acceptors (Lipinski definition) is 6. The van der Waals surface area contributed by atoms with Gasteiger partial charge >= 0.3 is 5.69 Å². The fourth-order valence-corrected chi connectivity index (χ4v) is 9.58. The molecular formula is C26H32N2O6Si. The first-order chi connectivity index (χ1) is 16.7. The van der Waals surface area contributed by atoms with E-state index < -0.39 is 43.9 Å². The van der Waals surface area contributed by atoms with Gasteiger partial charge < -0.3 is 19.4 Å². The van der Waals surface area contributed by atoms with Crippen molar-refractivity contribution in [3.8, 4) is 0 Å². The van der Waals surface area contributed by atoms with E-state index in [1.165, 1.54) is 12.3 Å². The van der Waals surface area contributed by atoms with Gasteiger partial charge in [0.05, 0.1) is 19.3 Å². The van der Waals surface area contributed by atoms with E-state index in [1.54, 1.807) is 0 Å². The van der Waals surface area contributed by atoms with E-state index >= 15 is 0 Å². The molecular weight excluding hydrogens is 464 g/mol. The zero-order chi connectivity index (χ0) is 25.2. The normalized spacial score (nSPS) is 22.9. The third kappa shape index (κ3) is 4.70. The second kappa shape index (κ2) is 10.0. The van der Waals surface area contributed by atoms with E-state index in [-0.39, 0.29) is 18.3 Å². The maximum atomic E-state index is 12.3. The molecule has 4 atom stereocenters. The fraction of sp³-hybridized carbons (Fsp3) is 0.385. The first-order valence-electron chi connectivity index (χ1n) is 11.7. The molecule has 0 amide bonds. The van der Waals surface area contributed by atoms with Gasteiger partial charge in [-0.1, -0.05) is 81.4 Å². The van der Waals surface area contributed by atoms with Crippen molar-refractivity contribution in [3.05, 3.63) is 93.8 Å². The van der Waals surface area contributed by atoms with E-state index in [1.807, 2.05) is 36.4 Å². The van der Waals surface area contributed by atoms with E-state index in [0.29, 0.717) is 0 Å². The molecule has 1 aliphatic heterocycles. The van der Waals surface area contributed by atoms with Crippen molar-refractivity contribution in [2.75, 3.05) is 13.2 Å². The molecule has 2 heterocycles. The van der Waals surface area contributed by atoms with Crippen LogP contribution in [0.3, 0.4) is 0 Å². The number of aromatic amines is 1. The average Bonchev–Trinajstić information content (AvgIpc) is 3.15. The summed E-state index contributed by atoms with van der Waals surface area (Å²) in [7, 11) is -2.86. The lowest BCUT2D eigenvalue weighted by Crippen LogP contribution is -2.67. The third-order valence-electron chi connectivity index (χ3n) is 6.74. The average molecular weight is 497 g/mol. The smallest absolute Gasteiger partial charge is 0.330 e. The summed E-state index contributed by atoms with van der Waals surface area (Å²) in [5.41, 5.74) is -1.23. The quantitative estimate of drug-likeness (QED) is 0.420. The van der Waals surface area contributed by atoms with Crippen LogP contribution in [0.4, 0.5) is 0 Å². The molecule has 1 saturated heterocycles. The van der Waals surface area contributed by atoms with Gasteiger partial charge in [0.1, 0.15) is 6.10 Å². The van der Waals surface area contributed by atoms with Crippen molar-refractivity contribution in [3.63, 3.8) is 0 Å². The Morgan fingerprint density at radius 3 is 2.06 bits per heavy atom. The number of aromatic nitrogens is 2. The number of hydrogen-bond donors (Lipinski definition) is 3. The predicted octanol–water partition coefficient (Wildman–Crippen LogP) is 0.980. The van der Waals surface area contributed by atoms with Gasteiger partial charge in [-0.05, 0) is 15.4 Å². The van der Waals surface area contributed by atoms with Gasteiger partial charge in [-0.3, -0.25) is 14.3 Å². The molecule has 9 heteroatoms. The Labute approximate surface area is 204 Å². The van der Waals surface area contributed by atoms with Crippen LogP contribution in [0.2, 0.25) is 5.04 Å². The molecule has 0 spiro atoms. The SMILES string of the molecule is CC(C)(C)[Si](OC[C@H]1O[C@@H](n2ccc(=O)[nH]c2=O)[C@H](O)[C@@H]1CO)(c1ccccc1)c1ccccc1. The molecule has 0 bridgehead atoms. The number of aliphatic hydroxyl groups excluding tert-OH is 2. The van der Waals surface area contributed by atoms with Gasteiger partial charge in [-0.2, -0.15) is 0 Å². The first-order valence-corrected chi connectivity index (χ1v) is 13.6. The number of ether oxygens (including phenoxy) is 1. The topological polar surface area (TPSA) is 114 Å². The number of rotatable bonds is 7. The number of nitrogens with zero attached hydrogens (tertiary/aromatic N) is 1. The summed E-state index contributed by atoms with van der Waals surface area (Å²) in [5.74, 6) is -0.669. The maximum absolute atomic E-state index is 12.3. The molecule has 3 aromatic rings. The van der Waals surface area contributed by atoms with E-state index in [4.69, 9.17) is 9.16 Å². The van der Waals surface area contributed by atoms with E-state index in [9.17, 15) is 19.8 Å². The molecule has 0 saturated carbocycles. The number of aliphatic hydroxyl groups is 2. The van der Waals surface area contributed by atoms with Gasteiger partial charge in [0.2, 0.25) is 0 Å². The summed E-state index contributed by atoms with van der Waals surface area (Å²) in [6.45, 7) is 6.26. The Bertz CT molecular complexity index is 1200. The van der Waals surface area contributed by atoms with Crippen molar-refractivity contribution in [2.45, 2.75) is 44.2 Å². The van der Waals surface area contributed by atoms with Gasteiger partial charge in [0.25, 0.3) is 13.9 Å². The maximum Gasteiger partial charge on any atom is 0.330 e. The van der Waals surface area contributed by atoms with Crippen LogP contribution in [0, 0.1) is 5.92 Å². The molecule has 1 fully saturated rings. The zero-order valence-corrected chi connectivity index (χ0v) is 21.1. The summed E-state index contributed by atoms with van der Waals surface area (Å²) in [5, 5.41) is 22.9. The van der Waals surface area contributed by atoms with Crippen LogP contribution in [0.1, 0.15) is 27.0 Å². The largest absolute Gasteiger partial charge is 0.405 e. The number of H-pyrrole nitrogens is 1. The summed E-state index contributed by atoms with van der Waals surface area (Å²) in [6, 6.07) is 21.5. The highest BCUT2D eigenvalue weighted by Crippen LogP contribution is 2.39.